The van der Waals surface area contributed by atoms with Gasteiger partial charge in [-0.25, -0.2) is 0 Å². The Morgan fingerprint density at radius 1 is 1.21 bits per heavy atom. The number of amides is 2. The molecule has 1 saturated heterocycles. The molecule has 0 aliphatic carbocycles. The van der Waals surface area contributed by atoms with Gasteiger partial charge < -0.3 is 4.57 Å². The molecule has 120 valence electrons. The molecule has 4 nitrogen and oxygen atoms in total. The third-order valence-corrected chi connectivity index (χ3v) is 4.86. The molecule has 24 heavy (non-hydrogen) atoms. The van der Waals surface area contributed by atoms with Gasteiger partial charge in [0.05, 0.1) is 11.4 Å². The van der Waals surface area contributed by atoms with Gasteiger partial charge in [-0.2, -0.15) is 0 Å². The average molecular weight is 336 g/mol. The van der Waals surface area contributed by atoms with Crippen molar-refractivity contribution in [3.05, 3.63) is 58.3 Å². The highest BCUT2D eigenvalue weighted by Crippen LogP contribution is 2.32. The summed E-state index contributed by atoms with van der Waals surface area (Å²) in [5, 5.41) is -0.325. The monoisotopic (exact) mass is 336 g/mol. The van der Waals surface area contributed by atoms with E-state index >= 15 is 0 Å². The van der Waals surface area contributed by atoms with Gasteiger partial charge in [0.2, 0.25) is 0 Å². The summed E-state index contributed by atoms with van der Waals surface area (Å²) in [7, 11) is 0. The highest BCUT2D eigenvalue weighted by molar-refractivity contribution is 8.18. The number of imide groups is 1. The van der Waals surface area contributed by atoms with Crippen LogP contribution < -0.4 is 0 Å². The van der Waals surface area contributed by atoms with Crippen LogP contribution in [0.5, 0.6) is 0 Å². The highest BCUT2D eigenvalue weighted by atomic mass is 32.2. The van der Waals surface area contributed by atoms with Gasteiger partial charge >= 0.3 is 0 Å². The Hall–Kier alpha value is -2.71. The molecule has 1 aliphatic heterocycles. The van der Waals surface area contributed by atoms with Crippen LogP contribution in [0.3, 0.4) is 0 Å². The van der Waals surface area contributed by atoms with E-state index in [1.54, 1.807) is 6.08 Å². The summed E-state index contributed by atoms with van der Waals surface area (Å²) >= 11 is 0.919. The molecule has 1 aliphatic rings. The Morgan fingerprint density at radius 2 is 2.00 bits per heavy atom. The van der Waals surface area contributed by atoms with Crippen molar-refractivity contribution in [2.75, 3.05) is 6.54 Å². The third-order valence-electron chi connectivity index (χ3n) is 3.95. The molecule has 2 aromatic rings. The van der Waals surface area contributed by atoms with E-state index < -0.39 is 0 Å². The van der Waals surface area contributed by atoms with Crippen molar-refractivity contribution in [2.24, 2.45) is 0 Å². The minimum atomic E-state index is -0.337. The number of aromatic nitrogens is 1. The van der Waals surface area contributed by atoms with Crippen molar-refractivity contribution < 1.29 is 9.59 Å². The summed E-state index contributed by atoms with van der Waals surface area (Å²) in [5.41, 5.74) is 4.27. The first-order valence-electron chi connectivity index (χ1n) is 7.45. The molecule has 2 amide bonds. The molecule has 2 heterocycles. The van der Waals surface area contributed by atoms with E-state index in [1.807, 2.05) is 29.0 Å². The van der Waals surface area contributed by atoms with Crippen LogP contribution in [0.1, 0.15) is 16.8 Å². The maximum absolute atomic E-state index is 12.3. The number of carbonyl (C=O) groups excluding carboxylic acids is 2. The summed E-state index contributed by atoms with van der Waals surface area (Å²) in [6.07, 6.45) is 8.88. The SMILES string of the molecule is C#CCN1C(=O)S/C(=C/c2cccn2-c2ccc(C)c(C)c2)C1=O. The van der Waals surface area contributed by atoms with Crippen molar-refractivity contribution in [1.82, 2.24) is 9.47 Å². The smallest absolute Gasteiger partial charge is 0.294 e. The van der Waals surface area contributed by atoms with Crippen LogP contribution in [0.2, 0.25) is 0 Å². The van der Waals surface area contributed by atoms with Crippen molar-refractivity contribution >= 4 is 29.0 Å². The van der Waals surface area contributed by atoms with Gasteiger partial charge in [-0.3, -0.25) is 14.5 Å². The zero-order valence-electron chi connectivity index (χ0n) is 13.4. The summed E-state index contributed by atoms with van der Waals surface area (Å²) < 4.78 is 1.99. The van der Waals surface area contributed by atoms with Crippen molar-refractivity contribution in [3.63, 3.8) is 0 Å². The maximum Gasteiger partial charge on any atom is 0.294 e. The molecule has 3 rings (SSSR count). The molecule has 0 spiro atoms. The summed E-state index contributed by atoms with van der Waals surface area (Å²) in [4.78, 5) is 25.6. The van der Waals surface area contributed by atoms with Crippen molar-refractivity contribution in [2.45, 2.75) is 13.8 Å². The van der Waals surface area contributed by atoms with E-state index in [9.17, 15) is 9.59 Å². The fourth-order valence-corrected chi connectivity index (χ4v) is 3.31. The second-order valence-corrected chi connectivity index (χ2v) is 6.54. The molecule has 0 radical (unpaired) electrons. The number of terminal acetylenes is 1. The number of carbonyl (C=O) groups is 2. The fourth-order valence-electron chi connectivity index (χ4n) is 2.48. The predicted octanol–water partition coefficient (Wildman–Crippen LogP) is 3.76. The van der Waals surface area contributed by atoms with E-state index in [0.717, 1.165) is 28.0 Å². The van der Waals surface area contributed by atoms with E-state index in [-0.39, 0.29) is 17.7 Å². The molecule has 0 N–H and O–H groups in total. The summed E-state index contributed by atoms with van der Waals surface area (Å²) in [5.74, 6) is 2.00. The highest BCUT2D eigenvalue weighted by Gasteiger charge is 2.34. The lowest BCUT2D eigenvalue weighted by molar-refractivity contribution is -0.122. The minimum Gasteiger partial charge on any atom is -0.317 e. The van der Waals surface area contributed by atoms with E-state index in [4.69, 9.17) is 6.42 Å². The van der Waals surface area contributed by atoms with E-state index in [0.29, 0.717) is 4.91 Å². The number of hydrogen-bond acceptors (Lipinski definition) is 3. The minimum absolute atomic E-state index is 0.000174. The molecule has 5 heteroatoms. The first-order chi connectivity index (χ1) is 11.5. The molecule has 0 atom stereocenters. The topological polar surface area (TPSA) is 42.3 Å². The van der Waals surface area contributed by atoms with Gasteiger partial charge in [0, 0.05) is 17.6 Å². The number of aryl methyl sites for hydroxylation is 2. The molecule has 1 fully saturated rings. The standard InChI is InChI=1S/C19H16N2O2S/c1-4-9-21-18(22)17(24-19(21)23)12-15-6-5-10-20(15)16-8-7-13(2)14(3)11-16/h1,5-8,10-12H,9H2,2-3H3/b17-12+. The van der Waals surface area contributed by atoms with Gasteiger partial charge in [0.15, 0.2) is 0 Å². The first-order valence-corrected chi connectivity index (χ1v) is 8.26. The first kappa shape index (κ1) is 16.2. The lowest BCUT2D eigenvalue weighted by Gasteiger charge is -2.10. The second kappa shape index (κ2) is 6.42. The van der Waals surface area contributed by atoms with Crippen molar-refractivity contribution in [1.29, 1.82) is 0 Å². The second-order valence-electron chi connectivity index (χ2n) is 5.54. The van der Waals surface area contributed by atoms with Gasteiger partial charge in [0.1, 0.15) is 0 Å². The molecule has 0 saturated carbocycles. The van der Waals surface area contributed by atoms with Crippen LogP contribution in [-0.2, 0) is 4.79 Å². The van der Waals surface area contributed by atoms with Crippen molar-refractivity contribution in [3.8, 4) is 18.0 Å². The molecule has 1 aromatic heterocycles. The van der Waals surface area contributed by atoms with E-state index in [1.165, 1.54) is 11.1 Å². The largest absolute Gasteiger partial charge is 0.317 e. The van der Waals surface area contributed by atoms with Crippen LogP contribution >= 0.6 is 11.8 Å². The number of hydrogen-bond donors (Lipinski definition) is 0. The summed E-state index contributed by atoms with van der Waals surface area (Å²) in [6.45, 7) is 4.13. The Labute approximate surface area is 145 Å². The predicted molar refractivity (Wildman–Crippen MR) is 96.8 cm³/mol. The Bertz CT molecular complexity index is 902. The molecule has 0 unspecified atom stereocenters. The molecular formula is C19H16N2O2S. The number of benzene rings is 1. The van der Waals surface area contributed by atoms with Gasteiger partial charge in [-0.15, -0.1) is 6.42 Å². The Morgan fingerprint density at radius 3 is 2.71 bits per heavy atom. The zero-order chi connectivity index (χ0) is 17.3. The average Bonchev–Trinajstić information content (AvgIpc) is 3.11. The van der Waals surface area contributed by atoms with Gasteiger partial charge in [0.25, 0.3) is 11.1 Å². The zero-order valence-corrected chi connectivity index (χ0v) is 14.3. The third kappa shape index (κ3) is 2.89. The Balaban J connectivity index is 1.97. The van der Waals surface area contributed by atoms with E-state index in [2.05, 4.69) is 31.9 Å². The quantitative estimate of drug-likeness (QED) is 0.633. The molecular weight excluding hydrogens is 320 g/mol. The number of thioether (sulfide) groups is 1. The maximum atomic E-state index is 12.3. The van der Waals surface area contributed by atoms with Crippen LogP contribution in [0, 0.1) is 26.2 Å². The lowest BCUT2D eigenvalue weighted by Crippen LogP contribution is -2.28. The fraction of sp³-hybridized carbons (Fsp3) is 0.158. The van der Waals surface area contributed by atoms with Gasteiger partial charge in [-0.05, 0) is 67.1 Å². The normalized spacial score (nSPS) is 16.0. The van der Waals surface area contributed by atoms with Crippen LogP contribution in [-0.4, -0.2) is 27.2 Å². The summed E-state index contributed by atoms with van der Waals surface area (Å²) in [6, 6.07) is 10.0. The van der Waals surface area contributed by atoms with Crippen LogP contribution in [0.25, 0.3) is 11.8 Å². The van der Waals surface area contributed by atoms with Crippen LogP contribution in [0.4, 0.5) is 4.79 Å². The Kier molecular flexibility index (Phi) is 4.32. The number of nitrogens with zero attached hydrogens (tertiary/aromatic N) is 2. The number of rotatable bonds is 3. The lowest BCUT2D eigenvalue weighted by atomic mass is 10.1. The molecule has 1 aromatic carbocycles. The van der Waals surface area contributed by atoms with Gasteiger partial charge in [-0.1, -0.05) is 12.0 Å². The molecule has 0 bridgehead atoms. The van der Waals surface area contributed by atoms with Crippen LogP contribution in [0.15, 0.2) is 41.4 Å².